The molecule has 0 saturated carbocycles. The summed E-state index contributed by atoms with van der Waals surface area (Å²) >= 11 is 7.06. The maximum Gasteiger partial charge on any atom is 0.240 e. The zero-order valence-electron chi connectivity index (χ0n) is 16.1. The number of hydrogen-bond acceptors (Lipinski definition) is 5. The number of hydrogen-bond donors (Lipinski definition) is 2. The Morgan fingerprint density at radius 2 is 2.00 bits per heavy atom. The highest BCUT2D eigenvalue weighted by molar-refractivity contribution is 8.15. The molecule has 2 N–H and O–H groups in total. The molecule has 6 nitrogen and oxygen atoms in total. The molecule has 0 aromatic heterocycles. The molecule has 2 aliphatic rings. The van der Waals surface area contributed by atoms with Gasteiger partial charge in [0, 0.05) is 17.1 Å². The van der Waals surface area contributed by atoms with E-state index in [-0.39, 0.29) is 23.7 Å². The van der Waals surface area contributed by atoms with Gasteiger partial charge in [-0.25, -0.2) is 0 Å². The van der Waals surface area contributed by atoms with Crippen molar-refractivity contribution in [2.45, 2.75) is 45.3 Å². The van der Waals surface area contributed by atoms with Gasteiger partial charge in [0.15, 0.2) is 5.17 Å². The Bertz CT molecular complexity index is 875. The number of nitrogens with one attached hydrogen (secondary N) is 2. The van der Waals surface area contributed by atoms with E-state index in [1.54, 1.807) is 24.3 Å². The number of anilines is 1. The fourth-order valence-electron chi connectivity index (χ4n) is 3.37. The molecule has 1 atom stereocenters. The summed E-state index contributed by atoms with van der Waals surface area (Å²) < 4.78 is 0. The van der Waals surface area contributed by atoms with E-state index in [1.165, 1.54) is 17.3 Å². The second-order valence-corrected chi connectivity index (χ2v) is 9.49. The van der Waals surface area contributed by atoms with E-state index in [0.717, 1.165) is 18.6 Å². The van der Waals surface area contributed by atoms with Crippen molar-refractivity contribution in [3.8, 4) is 0 Å². The monoisotopic (exact) mass is 418 g/mol. The van der Waals surface area contributed by atoms with Crippen LogP contribution in [0.4, 0.5) is 5.69 Å². The summed E-state index contributed by atoms with van der Waals surface area (Å²) in [5.74, 6) is -0.471. The Balaban J connectivity index is 1.59. The number of amides is 2. The first-order chi connectivity index (χ1) is 13.2. The molecule has 0 bridgehead atoms. The molecule has 28 heavy (non-hydrogen) atoms. The fourth-order valence-corrected chi connectivity index (χ4v) is 4.41. The predicted octanol–water partition coefficient (Wildman–Crippen LogP) is 4.38. The van der Waals surface area contributed by atoms with Crippen molar-refractivity contribution in [3.63, 3.8) is 0 Å². The summed E-state index contributed by atoms with van der Waals surface area (Å²) in [6, 6.07) is 6.82. The summed E-state index contributed by atoms with van der Waals surface area (Å²) in [5.41, 5.74) is 2.97. The number of carbonyl (C=O) groups is 2. The Hall–Kier alpha value is -2.12. The quantitative estimate of drug-likeness (QED) is 0.712. The topological polar surface area (TPSA) is 82.9 Å². The van der Waals surface area contributed by atoms with E-state index in [2.05, 4.69) is 41.6 Å². The minimum Gasteiger partial charge on any atom is -0.326 e. The van der Waals surface area contributed by atoms with E-state index >= 15 is 0 Å². The highest BCUT2D eigenvalue weighted by Gasteiger charge is 2.32. The van der Waals surface area contributed by atoms with Gasteiger partial charge in [0.1, 0.15) is 5.25 Å². The van der Waals surface area contributed by atoms with E-state index in [1.807, 2.05) is 6.08 Å². The van der Waals surface area contributed by atoms with Crippen LogP contribution in [-0.4, -0.2) is 27.9 Å². The third-order valence-electron chi connectivity index (χ3n) is 4.37. The molecule has 0 radical (unpaired) electrons. The van der Waals surface area contributed by atoms with Crippen molar-refractivity contribution in [1.29, 1.82) is 0 Å². The Labute approximate surface area is 173 Å². The molecule has 0 spiro atoms. The largest absolute Gasteiger partial charge is 0.326 e. The molecule has 1 fully saturated rings. The van der Waals surface area contributed by atoms with Crippen molar-refractivity contribution < 1.29 is 9.59 Å². The zero-order chi connectivity index (χ0) is 20.3. The average Bonchev–Trinajstić information content (AvgIpc) is 2.93. The van der Waals surface area contributed by atoms with Crippen molar-refractivity contribution in [2.24, 2.45) is 15.6 Å². The maximum absolute atomic E-state index is 12.2. The predicted molar refractivity (Wildman–Crippen MR) is 116 cm³/mol. The van der Waals surface area contributed by atoms with Crippen molar-refractivity contribution in [2.75, 3.05) is 5.32 Å². The SMILES string of the molecule is CC1=C/C(=N\N=C2/NC(=O)[C@@H](CC(=O)Nc3ccc(Cl)cc3)S2)CC(C)(C)C1. The van der Waals surface area contributed by atoms with Crippen LogP contribution in [0.25, 0.3) is 0 Å². The summed E-state index contributed by atoms with van der Waals surface area (Å²) in [7, 11) is 0. The molecule has 1 aromatic carbocycles. The van der Waals surface area contributed by atoms with Gasteiger partial charge in [0.2, 0.25) is 11.8 Å². The molecular formula is C20H23ClN4O2S. The first-order valence-corrected chi connectivity index (χ1v) is 10.3. The molecule has 1 aliphatic carbocycles. The van der Waals surface area contributed by atoms with Crippen molar-refractivity contribution in [3.05, 3.63) is 40.9 Å². The van der Waals surface area contributed by atoms with Crippen LogP contribution >= 0.6 is 23.4 Å². The Morgan fingerprint density at radius 3 is 2.68 bits per heavy atom. The first kappa shape index (κ1) is 20.6. The summed E-state index contributed by atoms with van der Waals surface area (Å²) in [4.78, 5) is 24.4. The molecule has 1 aromatic rings. The normalized spacial score (nSPS) is 24.2. The van der Waals surface area contributed by atoms with E-state index in [9.17, 15) is 9.59 Å². The van der Waals surface area contributed by atoms with E-state index < -0.39 is 5.25 Å². The molecule has 1 heterocycles. The van der Waals surface area contributed by atoms with Gasteiger partial charge in [0.25, 0.3) is 0 Å². The van der Waals surface area contributed by atoms with Gasteiger partial charge in [-0.15, -0.1) is 5.10 Å². The lowest BCUT2D eigenvalue weighted by Gasteiger charge is -2.28. The number of nitrogens with zero attached hydrogens (tertiary/aromatic N) is 2. The smallest absolute Gasteiger partial charge is 0.240 e. The molecular weight excluding hydrogens is 396 g/mol. The zero-order valence-corrected chi connectivity index (χ0v) is 17.7. The molecule has 1 aliphatic heterocycles. The molecule has 0 unspecified atom stereocenters. The van der Waals surface area contributed by atoms with Gasteiger partial charge in [-0.05, 0) is 55.5 Å². The maximum atomic E-state index is 12.2. The van der Waals surface area contributed by atoms with Crippen LogP contribution in [0.2, 0.25) is 5.02 Å². The molecule has 1 saturated heterocycles. The van der Waals surface area contributed by atoms with Gasteiger partial charge >= 0.3 is 0 Å². The average molecular weight is 419 g/mol. The molecule has 148 valence electrons. The highest BCUT2D eigenvalue weighted by Crippen LogP contribution is 2.34. The number of carbonyl (C=O) groups excluding carboxylic acids is 2. The van der Waals surface area contributed by atoms with Crippen LogP contribution in [-0.2, 0) is 9.59 Å². The molecule has 3 rings (SSSR count). The second-order valence-electron chi connectivity index (χ2n) is 7.86. The number of allylic oxidation sites excluding steroid dienone is 2. The van der Waals surface area contributed by atoms with E-state index in [0.29, 0.717) is 15.9 Å². The number of thioether (sulfide) groups is 1. The lowest BCUT2D eigenvalue weighted by Crippen LogP contribution is -2.28. The third kappa shape index (κ3) is 5.69. The van der Waals surface area contributed by atoms with Crippen LogP contribution in [0.1, 0.15) is 40.0 Å². The second kappa shape index (κ2) is 8.49. The minimum atomic E-state index is -0.522. The lowest BCUT2D eigenvalue weighted by atomic mass is 9.77. The lowest BCUT2D eigenvalue weighted by molar-refractivity contribution is -0.122. The Kier molecular flexibility index (Phi) is 6.25. The minimum absolute atomic E-state index is 0.0563. The van der Waals surface area contributed by atoms with Crippen LogP contribution in [0.15, 0.2) is 46.1 Å². The highest BCUT2D eigenvalue weighted by atomic mass is 35.5. The Morgan fingerprint density at radius 1 is 1.29 bits per heavy atom. The summed E-state index contributed by atoms with van der Waals surface area (Å²) in [6.45, 7) is 6.49. The van der Waals surface area contributed by atoms with E-state index in [4.69, 9.17) is 11.6 Å². The molecule has 2 amide bonds. The van der Waals surface area contributed by atoms with Crippen LogP contribution in [0.5, 0.6) is 0 Å². The third-order valence-corrected chi connectivity index (χ3v) is 5.70. The van der Waals surface area contributed by atoms with Crippen molar-refractivity contribution in [1.82, 2.24) is 5.32 Å². The van der Waals surface area contributed by atoms with Crippen LogP contribution in [0.3, 0.4) is 0 Å². The standard InChI is InChI=1S/C20H23ClN4O2S/c1-12-8-15(11-20(2,3)10-12)24-25-19-23-18(27)16(28-19)9-17(26)22-14-6-4-13(21)5-7-14/h4-8,16H,9-11H2,1-3H3,(H,22,26)(H,23,25,27)/b24-15+/t16-/m1/s1. The first-order valence-electron chi connectivity index (χ1n) is 9.05. The van der Waals surface area contributed by atoms with Gasteiger partial charge in [-0.1, -0.05) is 42.8 Å². The molecule has 8 heteroatoms. The van der Waals surface area contributed by atoms with Gasteiger partial charge < -0.3 is 10.6 Å². The number of benzene rings is 1. The van der Waals surface area contributed by atoms with Gasteiger partial charge in [-0.2, -0.15) is 5.10 Å². The summed E-state index contributed by atoms with van der Waals surface area (Å²) in [6.07, 6.45) is 3.99. The number of halogens is 1. The number of rotatable bonds is 4. The van der Waals surface area contributed by atoms with Crippen molar-refractivity contribution >= 4 is 51.7 Å². The number of amidine groups is 1. The van der Waals surface area contributed by atoms with Gasteiger partial charge in [-0.3, -0.25) is 9.59 Å². The summed E-state index contributed by atoms with van der Waals surface area (Å²) in [5, 5.41) is 14.5. The van der Waals surface area contributed by atoms with Crippen LogP contribution in [0, 0.1) is 5.41 Å². The fraction of sp³-hybridized carbons (Fsp3) is 0.400. The van der Waals surface area contributed by atoms with Gasteiger partial charge in [0.05, 0.1) is 5.71 Å². The van der Waals surface area contributed by atoms with Crippen LogP contribution < -0.4 is 10.6 Å².